The molecule has 1 unspecified atom stereocenters. The lowest BCUT2D eigenvalue weighted by atomic mass is 10.2. The van der Waals surface area contributed by atoms with Gasteiger partial charge in [0.25, 0.3) is 0 Å². The van der Waals surface area contributed by atoms with Crippen molar-refractivity contribution in [2.75, 3.05) is 65.6 Å². The van der Waals surface area contributed by atoms with E-state index in [9.17, 15) is 5.11 Å². The number of morpholine rings is 1. The van der Waals surface area contributed by atoms with E-state index in [2.05, 4.69) is 19.9 Å². The highest BCUT2D eigenvalue weighted by Crippen LogP contribution is 2.08. The number of β-amino-alcohol motifs (C(OH)–C–C–N with tert-alkyl or cyclic N) is 1. The standard InChI is InChI=1S/C15H26N4O3/c20-15(13-19-6-9-21-10-7-19)12-18-4-2-17(3-5-18)11-14-1-8-22-16-14/h1,8,15,20H,2-7,9-13H2. The molecule has 7 nitrogen and oxygen atoms in total. The molecule has 0 amide bonds. The fourth-order valence-corrected chi connectivity index (χ4v) is 3.12. The van der Waals surface area contributed by atoms with Crippen molar-refractivity contribution in [2.24, 2.45) is 0 Å². The van der Waals surface area contributed by atoms with Gasteiger partial charge in [0.1, 0.15) is 6.26 Å². The highest BCUT2D eigenvalue weighted by molar-refractivity contribution is 4.95. The zero-order valence-corrected chi connectivity index (χ0v) is 13.1. The topological polar surface area (TPSA) is 65.2 Å². The Kier molecular flexibility index (Phi) is 5.80. The van der Waals surface area contributed by atoms with E-state index < -0.39 is 0 Å². The Bertz CT molecular complexity index is 414. The molecule has 3 rings (SSSR count). The van der Waals surface area contributed by atoms with Gasteiger partial charge in [-0.1, -0.05) is 5.16 Å². The fourth-order valence-electron chi connectivity index (χ4n) is 3.12. The molecule has 1 atom stereocenters. The van der Waals surface area contributed by atoms with Crippen LogP contribution in [0.25, 0.3) is 0 Å². The maximum absolute atomic E-state index is 10.3. The Morgan fingerprint density at radius 1 is 1.00 bits per heavy atom. The number of ether oxygens (including phenoxy) is 1. The van der Waals surface area contributed by atoms with Crippen molar-refractivity contribution in [3.8, 4) is 0 Å². The first-order valence-corrected chi connectivity index (χ1v) is 8.12. The van der Waals surface area contributed by atoms with Crippen LogP contribution < -0.4 is 0 Å². The van der Waals surface area contributed by atoms with E-state index >= 15 is 0 Å². The summed E-state index contributed by atoms with van der Waals surface area (Å²) in [6.07, 6.45) is 1.34. The summed E-state index contributed by atoms with van der Waals surface area (Å²) in [7, 11) is 0. The third kappa shape index (κ3) is 4.76. The van der Waals surface area contributed by atoms with Gasteiger partial charge in [0.2, 0.25) is 0 Å². The molecule has 0 radical (unpaired) electrons. The van der Waals surface area contributed by atoms with Gasteiger partial charge in [-0.2, -0.15) is 0 Å². The molecule has 2 fully saturated rings. The van der Waals surface area contributed by atoms with Crippen LogP contribution >= 0.6 is 0 Å². The summed E-state index contributed by atoms with van der Waals surface area (Å²) in [5.74, 6) is 0. The maximum Gasteiger partial charge on any atom is 0.124 e. The number of piperazine rings is 1. The van der Waals surface area contributed by atoms with Gasteiger partial charge >= 0.3 is 0 Å². The average Bonchev–Trinajstić information content (AvgIpc) is 3.03. The van der Waals surface area contributed by atoms with Crippen molar-refractivity contribution >= 4 is 0 Å². The molecule has 1 aromatic heterocycles. The minimum absolute atomic E-state index is 0.278. The number of rotatable bonds is 6. The Hall–Kier alpha value is -0.990. The molecule has 1 aromatic rings. The number of aromatic nitrogens is 1. The number of nitrogens with zero attached hydrogens (tertiary/aromatic N) is 4. The van der Waals surface area contributed by atoms with Gasteiger partial charge < -0.3 is 14.4 Å². The Morgan fingerprint density at radius 3 is 2.27 bits per heavy atom. The first-order valence-electron chi connectivity index (χ1n) is 8.12. The predicted octanol–water partition coefficient (Wildman–Crippen LogP) is -0.515. The SMILES string of the molecule is OC(CN1CCOCC1)CN1CCN(Cc2ccon2)CC1. The van der Waals surface area contributed by atoms with E-state index in [1.165, 1.54) is 0 Å². The number of aliphatic hydroxyl groups excluding tert-OH is 1. The molecule has 2 aliphatic heterocycles. The lowest BCUT2D eigenvalue weighted by Gasteiger charge is -2.36. The van der Waals surface area contributed by atoms with E-state index in [4.69, 9.17) is 9.26 Å². The monoisotopic (exact) mass is 310 g/mol. The van der Waals surface area contributed by atoms with Crippen LogP contribution in [0.15, 0.2) is 16.9 Å². The molecule has 0 spiro atoms. The molecule has 124 valence electrons. The summed E-state index contributed by atoms with van der Waals surface area (Å²) in [4.78, 5) is 7.02. The van der Waals surface area contributed by atoms with E-state index in [1.54, 1.807) is 6.26 Å². The van der Waals surface area contributed by atoms with E-state index in [-0.39, 0.29) is 6.10 Å². The summed E-state index contributed by atoms with van der Waals surface area (Å²) in [5.41, 5.74) is 0.987. The van der Waals surface area contributed by atoms with Crippen molar-refractivity contribution < 1.29 is 14.4 Å². The molecular weight excluding hydrogens is 284 g/mol. The molecular formula is C15H26N4O3. The summed E-state index contributed by atoms with van der Waals surface area (Å²) < 4.78 is 10.2. The molecule has 0 bridgehead atoms. The zero-order chi connectivity index (χ0) is 15.2. The van der Waals surface area contributed by atoms with Gasteiger partial charge in [-0.3, -0.25) is 14.7 Å². The normalized spacial score (nSPS) is 23.7. The molecule has 0 saturated carbocycles. The van der Waals surface area contributed by atoms with Gasteiger partial charge in [0.15, 0.2) is 0 Å². The zero-order valence-electron chi connectivity index (χ0n) is 13.1. The molecule has 0 aliphatic carbocycles. The average molecular weight is 310 g/mol. The van der Waals surface area contributed by atoms with Crippen LogP contribution in [-0.2, 0) is 11.3 Å². The Labute approximate surface area is 131 Å². The minimum atomic E-state index is -0.278. The Morgan fingerprint density at radius 2 is 1.64 bits per heavy atom. The molecule has 1 N–H and O–H groups in total. The highest BCUT2D eigenvalue weighted by atomic mass is 16.5. The Balaban J connectivity index is 1.34. The quantitative estimate of drug-likeness (QED) is 0.759. The second-order valence-electron chi connectivity index (χ2n) is 6.13. The summed E-state index contributed by atoms with van der Waals surface area (Å²) in [6.45, 7) is 9.81. The van der Waals surface area contributed by atoms with Crippen molar-refractivity contribution in [1.29, 1.82) is 0 Å². The van der Waals surface area contributed by atoms with Crippen LogP contribution in [0.4, 0.5) is 0 Å². The van der Waals surface area contributed by atoms with Gasteiger partial charge in [0.05, 0.1) is 25.0 Å². The largest absolute Gasteiger partial charge is 0.390 e. The summed E-state index contributed by atoms with van der Waals surface area (Å²) in [5, 5.41) is 14.2. The predicted molar refractivity (Wildman–Crippen MR) is 81.5 cm³/mol. The first kappa shape index (κ1) is 15.9. The van der Waals surface area contributed by atoms with Crippen LogP contribution in [0.1, 0.15) is 5.69 Å². The van der Waals surface area contributed by atoms with Crippen LogP contribution in [0.5, 0.6) is 0 Å². The first-order chi connectivity index (χ1) is 10.8. The van der Waals surface area contributed by atoms with E-state index in [1.807, 2.05) is 6.07 Å². The number of aliphatic hydroxyl groups is 1. The van der Waals surface area contributed by atoms with Crippen molar-refractivity contribution in [3.05, 3.63) is 18.0 Å². The lowest BCUT2D eigenvalue weighted by molar-refractivity contribution is 0.00210. The number of hydrogen-bond acceptors (Lipinski definition) is 7. The van der Waals surface area contributed by atoms with Gasteiger partial charge in [-0.25, -0.2) is 0 Å². The minimum Gasteiger partial charge on any atom is -0.390 e. The van der Waals surface area contributed by atoms with Crippen molar-refractivity contribution in [1.82, 2.24) is 19.9 Å². The second kappa shape index (κ2) is 8.03. The smallest absolute Gasteiger partial charge is 0.124 e. The third-order valence-corrected chi connectivity index (χ3v) is 4.38. The molecule has 2 aliphatic rings. The van der Waals surface area contributed by atoms with Gasteiger partial charge in [-0.15, -0.1) is 0 Å². The maximum atomic E-state index is 10.3. The number of hydrogen-bond donors (Lipinski definition) is 1. The van der Waals surface area contributed by atoms with E-state index in [0.717, 1.165) is 77.8 Å². The molecule has 0 aromatic carbocycles. The van der Waals surface area contributed by atoms with Crippen LogP contribution in [0.3, 0.4) is 0 Å². The van der Waals surface area contributed by atoms with Crippen LogP contribution in [0, 0.1) is 0 Å². The van der Waals surface area contributed by atoms with Crippen molar-refractivity contribution in [3.63, 3.8) is 0 Å². The van der Waals surface area contributed by atoms with Crippen molar-refractivity contribution in [2.45, 2.75) is 12.6 Å². The van der Waals surface area contributed by atoms with Crippen LogP contribution in [0.2, 0.25) is 0 Å². The summed E-state index contributed by atoms with van der Waals surface area (Å²) in [6, 6.07) is 1.92. The highest BCUT2D eigenvalue weighted by Gasteiger charge is 2.21. The lowest BCUT2D eigenvalue weighted by Crippen LogP contribution is -2.50. The molecule has 2 saturated heterocycles. The molecule has 22 heavy (non-hydrogen) atoms. The molecule has 3 heterocycles. The second-order valence-corrected chi connectivity index (χ2v) is 6.13. The fraction of sp³-hybridized carbons (Fsp3) is 0.800. The van der Waals surface area contributed by atoms with E-state index in [0.29, 0.717) is 0 Å². The molecule has 7 heteroatoms. The summed E-state index contributed by atoms with van der Waals surface area (Å²) >= 11 is 0. The third-order valence-electron chi connectivity index (χ3n) is 4.38. The van der Waals surface area contributed by atoms with Gasteiger partial charge in [-0.05, 0) is 0 Å². The van der Waals surface area contributed by atoms with Gasteiger partial charge in [0, 0.05) is 65.0 Å². The van der Waals surface area contributed by atoms with Crippen LogP contribution in [-0.4, -0.2) is 96.6 Å².